The third-order valence-electron chi connectivity index (χ3n) is 10.2. The third kappa shape index (κ3) is 26.7. The molecule has 302 valence electrons. The van der Waals surface area contributed by atoms with E-state index in [1.165, 1.54) is 83.5 Å². The zero-order valence-electron chi connectivity index (χ0n) is 33.5. The average molecular weight is 735 g/mol. The number of ketones is 1. The van der Waals surface area contributed by atoms with Crippen LogP contribution in [-0.4, -0.2) is 64.6 Å². The van der Waals surface area contributed by atoms with E-state index >= 15 is 0 Å². The van der Waals surface area contributed by atoms with Gasteiger partial charge in [0.2, 0.25) is 0 Å². The predicted octanol–water partition coefficient (Wildman–Crippen LogP) is 9.90. The maximum Gasteiger partial charge on any atom is 0.305 e. The van der Waals surface area contributed by atoms with Gasteiger partial charge < -0.3 is 24.8 Å². The van der Waals surface area contributed by atoms with Crippen molar-refractivity contribution in [1.29, 1.82) is 0 Å². The standard InChI is InChI=1S/C44H78O8/c1-4-5-21-27-37(45)31-32-40-39(41(47)33-42(40)48)28-23-19-20-25-30-44(50)52-35-38(46)34-51-43(49)29-24-18-16-14-12-10-8-6-7-9-11-13-15-17-22-26-36(2)3/h19,23,31-32,36-40,42,45-46,48H,4-18,20-22,24-30,33-35H2,1-3H3/b23-19-,32-31+/t37-,38+,39+,40+,42+/m0/s1. The second kappa shape index (κ2) is 32.4. The van der Waals surface area contributed by atoms with Crippen LogP contribution in [0.5, 0.6) is 0 Å². The molecule has 0 aliphatic heterocycles. The molecule has 5 atom stereocenters. The fourth-order valence-electron chi connectivity index (χ4n) is 6.90. The minimum Gasteiger partial charge on any atom is -0.463 e. The first kappa shape index (κ1) is 48.0. The monoisotopic (exact) mass is 735 g/mol. The molecule has 0 saturated heterocycles. The molecule has 0 spiro atoms. The normalized spacial score (nSPS) is 18.9. The summed E-state index contributed by atoms with van der Waals surface area (Å²) >= 11 is 0. The molecule has 8 heteroatoms. The molecule has 0 amide bonds. The Bertz CT molecular complexity index is 960. The summed E-state index contributed by atoms with van der Waals surface area (Å²) < 4.78 is 10.3. The zero-order chi connectivity index (χ0) is 38.2. The molecule has 1 aliphatic rings. The largest absolute Gasteiger partial charge is 0.463 e. The van der Waals surface area contributed by atoms with Gasteiger partial charge in [-0.3, -0.25) is 14.4 Å². The lowest BCUT2D eigenvalue weighted by Gasteiger charge is -2.16. The summed E-state index contributed by atoms with van der Waals surface area (Å²) in [6, 6.07) is 0. The van der Waals surface area contributed by atoms with Crippen molar-refractivity contribution in [3.8, 4) is 0 Å². The topological polar surface area (TPSA) is 130 Å². The van der Waals surface area contributed by atoms with Crippen LogP contribution < -0.4 is 0 Å². The molecule has 0 aromatic rings. The number of rotatable bonds is 34. The Morgan fingerprint density at radius 1 is 0.712 bits per heavy atom. The SMILES string of the molecule is CCCCC[C@H](O)/C=C/[C@H]1[C@H](O)CC(=O)[C@@H]1C/C=C\CCCC(=O)OC[C@H](O)COC(=O)CCCCCCCCCCCCCCCCCC(C)C. The van der Waals surface area contributed by atoms with E-state index in [1.807, 2.05) is 12.2 Å². The Kier molecular flexibility index (Phi) is 29.9. The number of allylic oxidation sites excluding steroid dienone is 2. The van der Waals surface area contributed by atoms with Crippen molar-refractivity contribution in [3.05, 3.63) is 24.3 Å². The molecule has 0 heterocycles. The lowest BCUT2D eigenvalue weighted by Crippen LogP contribution is -2.25. The lowest BCUT2D eigenvalue weighted by atomic mass is 9.90. The molecule has 0 aromatic carbocycles. The van der Waals surface area contributed by atoms with Crippen molar-refractivity contribution in [2.45, 2.75) is 206 Å². The Balaban J connectivity index is 2.00. The van der Waals surface area contributed by atoms with Gasteiger partial charge in [0.25, 0.3) is 0 Å². The van der Waals surface area contributed by atoms with Gasteiger partial charge in [0, 0.05) is 31.1 Å². The van der Waals surface area contributed by atoms with Gasteiger partial charge in [0.15, 0.2) is 0 Å². The number of esters is 2. The van der Waals surface area contributed by atoms with Crippen molar-refractivity contribution < 1.29 is 39.2 Å². The number of carbonyl (C=O) groups excluding carboxylic acids is 3. The number of aliphatic hydroxyl groups excluding tert-OH is 3. The van der Waals surface area contributed by atoms with E-state index < -0.39 is 24.3 Å². The van der Waals surface area contributed by atoms with E-state index in [0.29, 0.717) is 32.1 Å². The van der Waals surface area contributed by atoms with Crippen molar-refractivity contribution in [2.24, 2.45) is 17.8 Å². The highest BCUT2D eigenvalue weighted by atomic mass is 16.6. The second-order valence-corrected chi connectivity index (χ2v) is 15.7. The van der Waals surface area contributed by atoms with Gasteiger partial charge in [-0.15, -0.1) is 0 Å². The average Bonchev–Trinajstić information content (AvgIpc) is 3.38. The summed E-state index contributed by atoms with van der Waals surface area (Å²) in [4.78, 5) is 36.6. The molecular formula is C44H78O8. The molecule has 52 heavy (non-hydrogen) atoms. The molecule has 8 nitrogen and oxygen atoms in total. The van der Waals surface area contributed by atoms with Crippen LogP contribution in [0, 0.1) is 17.8 Å². The van der Waals surface area contributed by atoms with E-state index in [-0.39, 0.29) is 49.6 Å². The predicted molar refractivity (Wildman–Crippen MR) is 211 cm³/mol. The summed E-state index contributed by atoms with van der Waals surface area (Å²) in [5, 5.41) is 30.6. The number of aliphatic hydroxyl groups is 3. The molecule has 3 N–H and O–H groups in total. The van der Waals surface area contributed by atoms with Gasteiger partial charge >= 0.3 is 11.9 Å². The summed E-state index contributed by atoms with van der Waals surface area (Å²) in [6.45, 7) is 6.33. The van der Waals surface area contributed by atoms with E-state index in [0.717, 1.165) is 44.4 Å². The van der Waals surface area contributed by atoms with Crippen LogP contribution in [0.25, 0.3) is 0 Å². The first-order chi connectivity index (χ1) is 25.1. The van der Waals surface area contributed by atoms with Gasteiger partial charge in [-0.2, -0.15) is 0 Å². The highest BCUT2D eigenvalue weighted by Crippen LogP contribution is 2.33. The van der Waals surface area contributed by atoms with E-state index in [4.69, 9.17) is 9.47 Å². The maximum atomic E-state index is 12.4. The van der Waals surface area contributed by atoms with E-state index in [9.17, 15) is 29.7 Å². The number of unbranched alkanes of at least 4 members (excludes halogenated alkanes) is 17. The Morgan fingerprint density at radius 2 is 1.21 bits per heavy atom. The third-order valence-corrected chi connectivity index (χ3v) is 10.2. The molecule has 1 aliphatic carbocycles. The van der Waals surface area contributed by atoms with Gasteiger partial charge in [-0.25, -0.2) is 0 Å². The highest BCUT2D eigenvalue weighted by molar-refractivity contribution is 5.84. The van der Waals surface area contributed by atoms with Gasteiger partial charge in [-0.1, -0.05) is 161 Å². The fraction of sp³-hybridized carbons (Fsp3) is 0.841. The number of carbonyl (C=O) groups is 3. The van der Waals surface area contributed by atoms with Crippen molar-refractivity contribution >= 4 is 17.7 Å². The van der Waals surface area contributed by atoms with E-state index in [2.05, 4.69) is 20.8 Å². The summed E-state index contributed by atoms with van der Waals surface area (Å²) in [7, 11) is 0. The van der Waals surface area contributed by atoms with Crippen LogP contribution >= 0.6 is 0 Å². The van der Waals surface area contributed by atoms with Crippen LogP contribution in [0.15, 0.2) is 24.3 Å². The van der Waals surface area contributed by atoms with E-state index in [1.54, 1.807) is 12.2 Å². The van der Waals surface area contributed by atoms with Crippen LogP contribution in [0.4, 0.5) is 0 Å². The van der Waals surface area contributed by atoms with Crippen molar-refractivity contribution in [1.82, 2.24) is 0 Å². The fourth-order valence-corrected chi connectivity index (χ4v) is 6.90. The summed E-state index contributed by atoms with van der Waals surface area (Å²) in [5.41, 5.74) is 0. The van der Waals surface area contributed by atoms with Crippen molar-refractivity contribution in [2.75, 3.05) is 13.2 Å². The second-order valence-electron chi connectivity index (χ2n) is 15.7. The molecule has 0 unspecified atom stereocenters. The molecule has 0 radical (unpaired) electrons. The van der Waals surface area contributed by atoms with Gasteiger partial charge in [0.1, 0.15) is 25.1 Å². The Labute approximate surface area is 317 Å². The molecule has 1 saturated carbocycles. The zero-order valence-corrected chi connectivity index (χ0v) is 33.5. The van der Waals surface area contributed by atoms with Gasteiger partial charge in [0.05, 0.1) is 12.2 Å². The number of hydrogen-bond donors (Lipinski definition) is 3. The lowest BCUT2D eigenvalue weighted by molar-refractivity contribution is -0.152. The minimum atomic E-state index is -1.05. The van der Waals surface area contributed by atoms with Crippen LogP contribution in [0.1, 0.15) is 188 Å². The first-order valence-electron chi connectivity index (χ1n) is 21.3. The maximum absolute atomic E-state index is 12.4. The molecule has 1 rings (SSSR count). The smallest absolute Gasteiger partial charge is 0.305 e. The van der Waals surface area contributed by atoms with Crippen LogP contribution in [-0.2, 0) is 23.9 Å². The Hall–Kier alpha value is -2.03. The number of hydrogen-bond acceptors (Lipinski definition) is 8. The quantitative estimate of drug-likeness (QED) is 0.0338. The molecular weight excluding hydrogens is 656 g/mol. The summed E-state index contributed by atoms with van der Waals surface area (Å²) in [5.74, 6) is -0.488. The van der Waals surface area contributed by atoms with Crippen molar-refractivity contribution in [3.63, 3.8) is 0 Å². The number of Topliss-reactive ketones (excluding diaryl/α,β-unsaturated/α-hetero) is 1. The van der Waals surface area contributed by atoms with Gasteiger partial charge in [-0.05, 0) is 38.0 Å². The summed E-state index contributed by atoms with van der Waals surface area (Å²) in [6.07, 6.45) is 31.7. The highest BCUT2D eigenvalue weighted by Gasteiger charge is 2.39. The van der Waals surface area contributed by atoms with Crippen LogP contribution in [0.2, 0.25) is 0 Å². The molecule has 0 bridgehead atoms. The Morgan fingerprint density at radius 3 is 1.75 bits per heavy atom. The number of ether oxygens (including phenoxy) is 2. The minimum absolute atomic E-state index is 0.0327. The van der Waals surface area contributed by atoms with Crippen LogP contribution in [0.3, 0.4) is 0 Å². The first-order valence-corrected chi connectivity index (χ1v) is 21.3. The molecule has 0 aromatic heterocycles. The molecule has 1 fully saturated rings.